The zero-order valence-electron chi connectivity index (χ0n) is 11.7. The van der Waals surface area contributed by atoms with E-state index < -0.39 is 0 Å². The highest BCUT2D eigenvalue weighted by Gasteiger charge is 2.00. The molecule has 0 bridgehead atoms. The van der Waals surface area contributed by atoms with Crippen molar-refractivity contribution in [2.45, 2.75) is 6.92 Å². The minimum Gasteiger partial charge on any atom is -0.497 e. The van der Waals surface area contributed by atoms with Crippen LogP contribution >= 0.6 is 11.6 Å². The molecule has 0 heterocycles. The van der Waals surface area contributed by atoms with E-state index in [1.54, 1.807) is 7.11 Å². The Kier molecular flexibility index (Phi) is 5.13. The molecule has 4 heteroatoms. The van der Waals surface area contributed by atoms with Crippen molar-refractivity contribution in [2.24, 2.45) is 0 Å². The average Bonchev–Trinajstić information content (AvgIpc) is 2.46. The van der Waals surface area contributed by atoms with Gasteiger partial charge in [-0.25, -0.2) is 0 Å². The normalized spacial score (nSPS) is 10.2. The van der Waals surface area contributed by atoms with Crippen LogP contribution < -0.4 is 14.8 Å². The number of halogens is 1. The lowest BCUT2D eigenvalue weighted by molar-refractivity contribution is 0.332. The van der Waals surface area contributed by atoms with Gasteiger partial charge in [-0.05, 0) is 48.9 Å². The first-order valence-electron chi connectivity index (χ1n) is 6.46. The molecule has 1 N–H and O–H groups in total. The Balaban J connectivity index is 1.78. The van der Waals surface area contributed by atoms with Gasteiger partial charge in [0.1, 0.15) is 18.1 Å². The highest BCUT2D eigenvalue weighted by molar-refractivity contribution is 6.33. The first-order valence-corrected chi connectivity index (χ1v) is 6.84. The Hall–Kier alpha value is -1.87. The van der Waals surface area contributed by atoms with Gasteiger partial charge < -0.3 is 14.8 Å². The molecule has 2 aromatic rings. The number of anilines is 1. The SMILES string of the molecule is COc1ccc(OCCNc2ccc(C)cc2Cl)cc1. The number of hydrogen-bond donors (Lipinski definition) is 1. The van der Waals surface area contributed by atoms with Gasteiger partial charge in [0.15, 0.2) is 0 Å². The number of aryl methyl sites for hydroxylation is 1. The van der Waals surface area contributed by atoms with E-state index in [0.29, 0.717) is 13.2 Å². The zero-order valence-corrected chi connectivity index (χ0v) is 12.4. The fourth-order valence-corrected chi connectivity index (χ4v) is 2.09. The van der Waals surface area contributed by atoms with E-state index in [9.17, 15) is 0 Å². The van der Waals surface area contributed by atoms with Crippen LogP contribution in [-0.2, 0) is 0 Å². The summed E-state index contributed by atoms with van der Waals surface area (Å²) >= 11 is 6.14. The largest absolute Gasteiger partial charge is 0.497 e. The van der Waals surface area contributed by atoms with Crippen LogP contribution in [0.5, 0.6) is 11.5 Å². The van der Waals surface area contributed by atoms with Crippen molar-refractivity contribution in [3.63, 3.8) is 0 Å². The molecule has 20 heavy (non-hydrogen) atoms. The van der Waals surface area contributed by atoms with Crippen molar-refractivity contribution >= 4 is 17.3 Å². The van der Waals surface area contributed by atoms with E-state index in [4.69, 9.17) is 21.1 Å². The van der Waals surface area contributed by atoms with Crippen molar-refractivity contribution < 1.29 is 9.47 Å². The summed E-state index contributed by atoms with van der Waals surface area (Å²) in [6.07, 6.45) is 0. The Bertz CT molecular complexity index is 555. The molecule has 0 saturated carbocycles. The van der Waals surface area contributed by atoms with Crippen molar-refractivity contribution in [1.82, 2.24) is 0 Å². The van der Waals surface area contributed by atoms with Gasteiger partial charge in [-0.2, -0.15) is 0 Å². The molecule has 106 valence electrons. The van der Waals surface area contributed by atoms with Gasteiger partial charge in [-0.1, -0.05) is 17.7 Å². The summed E-state index contributed by atoms with van der Waals surface area (Å²) in [6.45, 7) is 3.27. The molecule has 2 rings (SSSR count). The molecule has 3 nitrogen and oxygen atoms in total. The van der Waals surface area contributed by atoms with Crippen LogP contribution in [0, 0.1) is 6.92 Å². The van der Waals surface area contributed by atoms with Crippen molar-refractivity contribution in [3.8, 4) is 11.5 Å². The molecule has 0 fully saturated rings. The van der Waals surface area contributed by atoms with Crippen LogP contribution in [-0.4, -0.2) is 20.3 Å². The minimum atomic E-state index is 0.566. The van der Waals surface area contributed by atoms with Gasteiger partial charge >= 0.3 is 0 Å². The number of nitrogens with one attached hydrogen (secondary N) is 1. The number of ether oxygens (including phenoxy) is 2. The third-order valence-corrected chi connectivity index (χ3v) is 3.18. The molecule has 0 radical (unpaired) electrons. The second-order valence-corrected chi connectivity index (χ2v) is 4.84. The molecular formula is C16H18ClNO2. The van der Waals surface area contributed by atoms with E-state index in [1.165, 1.54) is 0 Å². The second kappa shape index (κ2) is 7.06. The average molecular weight is 292 g/mol. The lowest BCUT2D eigenvalue weighted by Gasteiger charge is -2.10. The predicted molar refractivity (Wildman–Crippen MR) is 83.2 cm³/mol. The van der Waals surface area contributed by atoms with Crippen LogP contribution in [0.1, 0.15) is 5.56 Å². The van der Waals surface area contributed by atoms with E-state index in [-0.39, 0.29) is 0 Å². The topological polar surface area (TPSA) is 30.5 Å². The van der Waals surface area contributed by atoms with Gasteiger partial charge in [0.05, 0.1) is 17.8 Å². The highest BCUT2D eigenvalue weighted by Crippen LogP contribution is 2.22. The van der Waals surface area contributed by atoms with Gasteiger partial charge in [-0.15, -0.1) is 0 Å². The smallest absolute Gasteiger partial charge is 0.119 e. The van der Waals surface area contributed by atoms with Crippen LogP contribution in [0.3, 0.4) is 0 Å². The van der Waals surface area contributed by atoms with Crippen molar-refractivity contribution in [1.29, 1.82) is 0 Å². The fourth-order valence-electron chi connectivity index (χ4n) is 1.79. The summed E-state index contributed by atoms with van der Waals surface area (Å²) < 4.78 is 10.7. The molecule has 0 aliphatic carbocycles. The molecule has 0 aliphatic rings. The fraction of sp³-hybridized carbons (Fsp3) is 0.250. The molecule has 0 saturated heterocycles. The maximum absolute atomic E-state index is 6.14. The summed E-state index contributed by atoms with van der Waals surface area (Å²) in [5.41, 5.74) is 2.07. The lowest BCUT2D eigenvalue weighted by Crippen LogP contribution is -2.11. The predicted octanol–water partition coefficient (Wildman–Crippen LogP) is 4.15. The van der Waals surface area contributed by atoms with Crippen LogP contribution in [0.15, 0.2) is 42.5 Å². The molecule has 0 atom stereocenters. The molecule has 0 unspecified atom stereocenters. The summed E-state index contributed by atoms with van der Waals surface area (Å²) in [7, 11) is 1.64. The maximum atomic E-state index is 6.14. The molecule has 2 aromatic carbocycles. The number of benzene rings is 2. The maximum Gasteiger partial charge on any atom is 0.119 e. The standard InChI is InChI=1S/C16H18ClNO2/c1-12-3-8-16(15(17)11-12)18-9-10-20-14-6-4-13(19-2)5-7-14/h3-8,11,18H,9-10H2,1-2H3. The molecular weight excluding hydrogens is 274 g/mol. The van der Waals surface area contributed by atoms with E-state index >= 15 is 0 Å². The molecule has 0 aliphatic heterocycles. The summed E-state index contributed by atoms with van der Waals surface area (Å²) in [6, 6.07) is 13.5. The van der Waals surface area contributed by atoms with E-state index in [1.807, 2.05) is 49.4 Å². The highest BCUT2D eigenvalue weighted by atomic mass is 35.5. The lowest BCUT2D eigenvalue weighted by atomic mass is 10.2. The van der Waals surface area contributed by atoms with E-state index in [2.05, 4.69) is 5.32 Å². The monoisotopic (exact) mass is 291 g/mol. The first kappa shape index (κ1) is 14.5. The Morgan fingerprint density at radius 3 is 2.40 bits per heavy atom. The molecule has 0 amide bonds. The van der Waals surface area contributed by atoms with Crippen molar-refractivity contribution in [3.05, 3.63) is 53.1 Å². The molecule has 0 aromatic heterocycles. The van der Waals surface area contributed by atoms with E-state index in [0.717, 1.165) is 27.8 Å². The number of hydrogen-bond acceptors (Lipinski definition) is 3. The van der Waals surface area contributed by atoms with Crippen LogP contribution in [0.2, 0.25) is 5.02 Å². The number of methoxy groups -OCH3 is 1. The second-order valence-electron chi connectivity index (χ2n) is 4.43. The summed E-state index contributed by atoms with van der Waals surface area (Å²) in [5.74, 6) is 1.64. The first-order chi connectivity index (χ1) is 9.69. The third-order valence-electron chi connectivity index (χ3n) is 2.87. The molecule has 0 spiro atoms. The Labute approximate surface area is 124 Å². The number of rotatable bonds is 6. The van der Waals surface area contributed by atoms with Gasteiger partial charge in [0.2, 0.25) is 0 Å². The Morgan fingerprint density at radius 2 is 1.75 bits per heavy atom. The summed E-state index contributed by atoms with van der Waals surface area (Å²) in [5, 5.41) is 3.98. The third kappa shape index (κ3) is 4.07. The van der Waals surface area contributed by atoms with Gasteiger partial charge in [-0.3, -0.25) is 0 Å². The Morgan fingerprint density at radius 1 is 1.05 bits per heavy atom. The minimum absolute atomic E-state index is 0.566. The zero-order chi connectivity index (χ0) is 14.4. The van der Waals surface area contributed by atoms with Crippen LogP contribution in [0.4, 0.5) is 5.69 Å². The summed E-state index contributed by atoms with van der Waals surface area (Å²) in [4.78, 5) is 0. The van der Waals surface area contributed by atoms with Gasteiger partial charge in [0, 0.05) is 6.54 Å². The van der Waals surface area contributed by atoms with Gasteiger partial charge in [0.25, 0.3) is 0 Å². The quantitative estimate of drug-likeness (QED) is 0.811. The van der Waals surface area contributed by atoms with Crippen LogP contribution in [0.25, 0.3) is 0 Å². The van der Waals surface area contributed by atoms with Crippen molar-refractivity contribution in [2.75, 3.05) is 25.6 Å².